The number of halogens is 4. The number of ether oxygens (including phenoxy) is 2. The van der Waals surface area contributed by atoms with Crippen molar-refractivity contribution in [2.75, 3.05) is 0 Å². The number of nitrogens with two attached hydrogens (primary N) is 1. The second-order valence-corrected chi connectivity index (χ2v) is 12.5. The summed E-state index contributed by atoms with van der Waals surface area (Å²) in [5, 5.41) is 31.5. The minimum Gasteiger partial charge on any atom is -0.479 e. The zero-order valence-electron chi connectivity index (χ0n) is 24.6. The standard InChI is InChI=1S/C13H22F2N2O4.C13H21F2NO5/c1-12(2,3)21-11(20)17-9(8(18)10(16)19)13(14,15)7-5-4-6-7;1-12(2,3)21-11(20)16-9(8(17)10(18)19)13(14,15)7-5-4-6-7/h7-9,18H,4-6H2,1-3H3,(H2,16,19)(H,17,20);7-9,17H,4-6H2,1-3H3,(H,16,20)(H,18,19). The van der Waals surface area contributed by atoms with Crippen molar-refractivity contribution >= 4 is 24.1 Å². The van der Waals surface area contributed by atoms with Gasteiger partial charge in [0.2, 0.25) is 5.91 Å². The van der Waals surface area contributed by atoms with E-state index in [-0.39, 0.29) is 25.7 Å². The Balaban J connectivity index is 0.000000420. The van der Waals surface area contributed by atoms with E-state index < -0.39 is 83.2 Å². The van der Waals surface area contributed by atoms with Crippen molar-refractivity contribution < 1.29 is 61.5 Å². The van der Waals surface area contributed by atoms with Gasteiger partial charge >= 0.3 is 18.2 Å². The van der Waals surface area contributed by atoms with E-state index in [1.807, 2.05) is 5.32 Å². The smallest absolute Gasteiger partial charge is 0.408 e. The second-order valence-electron chi connectivity index (χ2n) is 12.5. The molecule has 0 spiro atoms. The normalized spacial score (nSPS) is 19.3. The highest BCUT2D eigenvalue weighted by Gasteiger charge is 2.55. The molecule has 2 aliphatic carbocycles. The molecule has 7 N–H and O–H groups in total. The number of hydrogen-bond donors (Lipinski definition) is 6. The fourth-order valence-electron chi connectivity index (χ4n) is 4.04. The van der Waals surface area contributed by atoms with Gasteiger partial charge in [-0.3, -0.25) is 4.79 Å². The SMILES string of the molecule is CC(C)(C)OC(=O)NC(C(O)C(=O)O)C(F)(F)C1CCC1.CC(C)(C)OC(=O)NC(C(O)C(N)=O)C(F)(F)C1CCC1. The van der Waals surface area contributed by atoms with Gasteiger partial charge in [-0.15, -0.1) is 0 Å². The Morgan fingerprint density at radius 1 is 0.714 bits per heavy atom. The summed E-state index contributed by atoms with van der Waals surface area (Å²) in [6, 6.07) is -4.33. The number of carbonyl (C=O) groups excluding carboxylic acids is 3. The number of carbonyl (C=O) groups is 4. The van der Waals surface area contributed by atoms with Gasteiger partial charge in [-0.1, -0.05) is 12.8 Å². The van der Waals surface area contributed by atoms with Crippen LogP contribution in [0.25, 0.3) is 0 Å². The maximum atomic E-state index is 14.3. The molecule has 4 unspecified atom stereocenters. The highest BCUT2D eigenvalue weighted by atomic mass is 19.3. The number of alkyl halides is 4. The lowest BCUT2D eigenvalue weighted by Crippen LogP contribution is -2.61. The first-order valence-corrected chi connectivity index (χ1v) is 13.5. The van der Waals surface area contributed by atoms with Crippen LogP contribution in [-0.2, 0) is 19.1 Å². The monoisotopic (exact) mass is 617 g/mol. The lowest BCUT2D eigenvalue weighted by molar-refractivity contribution is -0.168. The summed E-state index contributed by atoms with van der Waals surface area (Å²) in [6.07, 6.45) is -4.66. The summed E-state index contributed by atoms with van der Waals surface area (Å²) in [5.74, 6) is -12.2. The average Bonchev–Trinajstić information content (AvgIpc) is 2.69. The third kappa shape index (κ3) is 10.7. The van der Waals surface area contributed by atoms with E-state index in [4.69, 9.17) is 20.3 Å². The fourth-order valence-corrected chi connectivity index (χ4v) is 4.04. The van der Waals surface area contributed by atoms with Gasteiger partial charge in [0.15, 0.2) is 12.2 Å². The van der Waals surface area contributed by atoms with Gasteiger partial charge in [0.05, 0.1) is 0 Å². The van der Waals surface area contributed by atoms with Crippen LogP contribution in [0, 0.1) is 11.8 Å². The minimum absolute atomic E-state index is 0.228. The van der Waals surface area contributed by atoms with Crippen LogP contribution >= 0.6 is 0 Å². The first-order chi connectivity index (χ1) is 18.9. The number of carboxylic acids is 1. The number of carboxylic acid groups (broad SMARTS) is 1. The largest absolute Gasteiger partial charge is 0.479 e. The summed E-state index contributed by atoms with van der Waals surface area (Å²) in [5.41, 5.74) is 3.07. The molecule has 12 nitrogen and oxygen atoms in total. The third-order valence-corrected chi connectivity index (χ3v) is 6.65. The molecule has 2 saturated carbocycles. The summed E-state index contributed by atoms with van der Waals surface area (Å²) in [4.78, 5) is 45.1. The molecule has 0 bridgehead atoms. The molecule has 0 saturated heterocycles. The van der Waals surface area contributed by atoms with Crippen molar-refractivity contribution in [3.63, 3.8) is 0 Å². The van der Waals surface area contributed by atoms with E-state index in [0.29, 0.717) is 12.8 Å². The Kier molecular flexibility index (Phi) is 12.4. The Morgan fingerprint density at radius 2 is 1.02 bits per heavy atom. The molecule has 4 atom stereocenters. The molecule has 0 radical (unpaired) electrons. The molecular formula is C26H43F4N3O9. The summed E-state index contributed by atoms with van der Waals surface area (Å²) in [7, 11) is 0. The topological polar surface area (TPSA) is 198 Å². The quantitative estimate of drug-likeness (QED) is 0.200. The molecule has 0 aromatic carbocycles. The van der Waals surface area contributed by atoms with Crippen LogP contribution in [0.4, 0.5) is 27.2 Å². The van der Waals surface area contributed by atoms with E-state index in [1.54, 1.807) is 46.9 Å². The first kappa shape index (κ1) is 37.1. The van der Waals surface area contributed by atoms with Gasteiger partial charge in [-0.25, -0.2) is 31.9 Å². The number of hydrogen-bond acceptors (Lipinski definition) is 8. The zero-order valence-corrected chi connectivity index (χ0v) is 24.6. The van der Waals surface area contributed by atoms with Gasteiger partial charge in [0, 0.05) is 11.8 Å². The molecule has 0 aromatic heterocycles. The molecule has 0 heterocycles. The maximum absolute atomic E-state index is 14.3. The molecule has 0 aromatic rings. The van der Waals surface area contributed by atoms with Crippen molar-refractivity contribution in [2.24, 2.45) is 17.6 Å². The summed E-state index contributed by atoms with van der Waals surface area (Å²) < 4.78 is 66.8. The number of amides is 3. The van der Waals surface area contributed by atoms with E-state index in [2.05, 4.69) is 0 Å². The van der Waals surface area contributed by atoms with Crippen LogP contribution in [0.15, 0.2) is 0 Å². The van der Waals surface area contributed by atoms with Crippen LogP contribution in [-0.4, -0.2) is 86.7 Å². The number of aliphatic carboxylic acids is 1. The number of alkyl carbamates (subject to hydrolysis) is 2. The second kappa shape index (κ2) is 14.1. The van der Waals surface area contributed by atoms with E-state index in [9.17, 15) is 47.0 Å². The lowest BCUT2D eigenvalue weighted by Gasteiger charge is -2.39. The average molecular weight is 618 g/mol. The molecule has 244 valence electrons. The highest BCUT2D eigenvalue weighted by Crippen LogP contribution is 2.43. The lowest BCUT2D eigenvalue weighted by atomic mass is 9.76. The molecule has 16 heteroatoms. The predicted octanol–water partition coefficient (Wildman–Crippen LogP) is 2.92. The molecule has 2 rings (SSSR count). The summed E-state index contributed by atoms with van der Waals surface area (Å²) in [6.45, 7) is 9.32. The fraction of sp³-hybridized carbons (Fsp3) is 0.846. The molecular weight excluding hydrogens is 574 g/mol. The molecule has 2 aliphatic rings. The van der Waals surface area contributed by atoms with Crippen LogP contribution in [0.3, 0.4) is 0 Å². The van der Waals surface area contributed by atoms with E-state index in [0.717, 1.165) is 0 Å². The number of nitrogens with one attached hydrogen (secondary N) is 2. The Bertz CT molecular complexity index is 886. The van der Waals surface area contributed by atoms with Crippen molar-refractivity contribution in [3.8, 4) is 0 Å². The van der Waals surface area contributed by atoms with Gasteiger partial charge in [0.25, 0.3) is 11.8 Å². The van der Waals surface area contributed by atoms with Crippen molar-refractivity contribution in [1.29, 1.82) is 0 Å². The molecule has 42 heavy (non-hydrogen) atoms. The Labute approximate surface area is 241 Å². The summed E-state index contributed by atoms with van der Waals surface area (Å²) >= 11 is 0. The molecule has 3 amide bonds. The van der Waals surface area contributed by atoms with Crippen molar-refractivity contribution in [3.05, 3.63) is 0 Å². The van der Waals surface area contributed by atoms with Crippen LogP contribution in [0.5, 0.6) is 0 Å². The first-order valence-electron chi connectivity index (χ1n) is 13.5. The number of aliphatic hydroxyl groups excluding tert-OH is 2. The maximum Gasteiger partial charge on any atom is 0.408 e. The Morgan fingerprint density at radius 3 is 1.24 bits per heavy atom. The number of aliphatic hydroxyl groups is 2. The predicted molar refractivity (Wildman–Crippen MR) is 140 cm³/mol. The highest BCUT2D eigenvalue weighted by molar-refractivity contribution is 5.80. The minimum atomic E-state index is -3.52. The Hall–Kier alpha value is -2.88. The third-order valence-electron chi connectivity index (χ3n) is 6.65. The van der Waals surface area contributed by atoms with Crippen LogP contribution in [0.1, 0.15) is 80.1 Å². The van der Waals surface area contributed by atoms with Crippen LogP contribution < -0.4 is 16.4 Å². The van der Waals surface area contributed by atoms with Gasteiger partial charge < -0.3 is 41.2 Å². The zero-order chi connectivity index (χ0) is 32.8. The molecule has 0 aliphatic heterocycles. The van der Waals surface area contributed by atoms with Crippen LogP contribution in [0.2, 0.25) is 0 Å². The molecule has 2 fully saturated rings. The van der Waals surface area contributed by atoms with E-state index >= 15 is 0 Å². The van der Waals surface area contributed by atoms with Crippen molar-refractivity contribution in [2.45, 2.75) is 127 Å². The van der Waals surface area contributed by atoms with E-state index in [1.165, 1.54) is 0 Å². The van der Waals surface area contributed by atoms with Crippen molar-refractivity contribution in [1.82, 2.24) is 10.6 Å². The van der Waals surface area contributed by atoms with Gasteiger partial charge in [-0.05, 0) is 67.2 Å². The number of primary amides is 1. The van der Waals surface area contributed by atoms with Gasteiger partial charge in [-0.2, -0.15) is 0 Å². The number of rotatable bonds is 10. The van der Waals surface area contributed by atoms with Gasteiger partial charge in [0.1, 0.15) is 23.3 Å².